The Kier molecular flexibility index (Phi) is 9.47. The average Bonchev–Trinajstić information content (AvgIpc) is 3.44. The molecule has 3 heterocycles. The fraction of sp³-hybridized carbons (Fsp3) is 0.542. The van der Waals surface area contributed by atoms with Crippen molar-refractivity contribution in [3.8, 4) is 0 Å². The van der Waals surface area contributed by atoms with E-state index in [1.807, 2.05) is 18.4 Å². The van der Waals surface area contributed by atoms with Crippen LogP contribution in [0.4, 0.5) is 5.69 Å². The van der Waals surface area contributed by atoms with Crippen LogP contribution in [0.5, 0.6) is 0 Å². The van der Waals surface area contributed by atoms with Crippen molar-refractivity contribution in [2.24, 2.45) is 10.9 Å². The summed E-state index contributed by atoms with van der Waals surface area (Å²) in [6.07, 6.45) is 3.74. The summed E-state index contributed by atoms with van der Waals surface area (Å²) in [6, 6.07) is 13.7. The second-order valence-electron chi connectivity index (χ2n) is 8.69. The van der Waals surface area contributed by atoms with E-state index >= 15 is 0 Å². The average molecular weight is 554 g/mol. The Hall–Kier alpha value is -1.32. The van der Waals surface area contributed by atoms with Crippen LogP contribution in [-0.4, -0.2) is 56.7 Å². The molecule has 2 aliphatic rings. The molecule has 5 nitrogen and oxygen atoms in total. The van der Waals surface area contributed by atoms with Crippen LogP contribution in [0.3, 0.4) is 0 Å². The van der Waals surface area contributed by atoms with Gasteiger partial charge in [0.2, 0.25) is 0 Å². The third-order valence-corrected chi connectivity index (χ3v) is 7.13. The Balaban J connectivity index is 0.00000272. The molecule has 2 atom stereocenters. The number of likely N-dealkylation sites (tertiary alicyclic amines) is 1. The van der Waals surface area contributed by atoms with E-state index in [2.05, 4.69) is 74.1 Å². The number of anilines is 1. The molecule has 0 aliphatic carbocycles. The summed E-state index contributed by atoms with van der Waals surface area (Å²) in [4.78, 5) is 11.0. The summed E-state index contributed by atoms with van der Waals surface area (Å²) in [5.74, 6) is 1.63. The minimum absolute atomic E-state index is 0. The Morgan fingerprint density at radius 3 is 2.71 bits per heavy atom. The first-order valence-electron chi connectivity index (χ1n) is 11.2. The first-order valence-corrected chi connectivity index (χ1v) is 12.1. The number of hydrogen-bond acceptors (Lipinski definition) is 4. The standard InChI is InChI=1S/C24H35N5S.HI/c1-19-7-9-22(10-8-19)29-13-11-21(17-29)27-24(25-2)26-15-20-5-3-12-28(16-20)18-23-6-4-14-30-23;/h4,6-10,14,20-21H,3,5,11-13,15-18H2,1-2H3,(H2,25,26,27);1H. The van der Waals surface area contributed by atoms with E-state index in [0.717, 1.165) is 38.6 Å². The van der Waals surface area contributed by atoms with Crippen LogP contribution in [0.25, 0.3) is 0 Å². The van der Waals surface area contributed by atoms with Gasteiger partial charge >= 0.3 is 0 Å². The van der Waals surface area contributed by atoms with Crippen LogP contribution in [0.1, 0.15) is 29.7 Å². The van der Waals surface area contributed by atoms with Gasteiger partial charge in [-0.3, -0.25) is 9.89 Å². The Morgan fingerprint density at radius 2 is 1.97 bits per heavy atom. The SMILES string of the molecule is CN=C(NCC1CCCN(Cc2cccs2)C1)NC1CCN(c2ccc(C)cc2)C1.I. The van der Waals surface area contributed by atoms with Crippen LogP contribution in [0.15, 0.2) is 46.8 Å². The molecule has 2 aliphatic heterocycles. The molecule has 2 saturated heterocycles. The minimum atomic E-state index is 0. The Morgan fingerprint density at radius 1 is 1.13 bits per heavy atom. The van der Waals surface area contributed by atoms with Gasteiger partial charge in [-0.2, -0.15) is 0 Å². The van der Waals surface area contributed by atoms with Gasteiger partial charge < -0.3 is 15.5 Å². The molecule has 1 aromatic heterocycles. The number of aliphatic imine (C=N–C) groups is 1. The highest BCUT2D eigenvalue weighted by Gasteiger charge is 2.24. The maximum atomic E-state index is 4.49. The molecule has 0 radical (unpaired) electrons. The van der Waals surface area contributed by atoms with Crippen LogP contribution < -0.4 is 15.5 Å². The highest BCUT2D eigenvalue weighted by molar-refractivity contribution is 14.0. The van der Waals surface area contributed by atoms with Gasteiger partial charge in [0.1, 0.15) is 0 Å². The molecule has 4 rings (SSSR count). The van der Waals surface area contributed by atoms with E-state index in [-0.39, 0.29) is 24.0 Å². The number of nitrogens with zero attached hydrogens (tertiary/aromatic N) is 3. The molecule has 0 saturated carbocycles. The van der Waals surface area contributed by atoms with Gasteiger partial charge in [-0.25, -0.2) is 0 Å². The molecule has 0 amide bonds. The van der Waals surface area contributed by atoms with E-state index < -0.39 is 0 Å². The summed E-state index contributed by atoms with van der Waals surface area (Å²) in [5, 5.41) is 9.43. The maximum absolute atomic E-state index is 4.49. The molecule has 0 spiro atoms. The largest absolute Gasteiger partial charge is 0.369 e. The maximum Gasteiger partial charge on any atom is 0.191 e. The minimum Gasteiger partial charge on any atom is -0.369 e. The number of guanidine groups is 1. The zero-order valence-electron chi connectivity index (χ0n) is 18.7. The van der Waals surface area contributed by atoms with Gasteiger partial charge in [-0.05, 0) is 62.2 Å². The first kappa shape index (κ1) is 24.3. The highest BCUT2D eigenvalue weighted by atomic mass is 127. The molecule has 7 heteroatoms. The van der Waals surface area contributed by atoms with Crippen molar-refractivity contribution in [2.75, 3.05) is 44.7 Å². The summed E-state index contributed by atoms with van der Waals surface area (Å²) < 4.78 is 0. The lowest BCUT2D eigenvalue weighted by Crippen LogP contribution is -2.47. The van der Waals surface area contributed by atoms with E-state index in [0.29, 0.717) is 12.0 Å². The predicted octanol–water partition coefficient (Wildman–Crippen LogP) is 4.33. The monoisotopic (exact) mass is 553 g/mol. The predicted molar refractivity (Wildman–Crippen MR) is 144 cm³/mol. The Bertz CT molecular complexity index is 808. The molecule has 2 fully saturated rings. The van der Waals surface area contributed by atoms with Crippen molar-refractivity contribution in [3.63, 3.8) is 0 Å². The van der Waals surface area contributed by atoms with E-state index in [1.165, 1.54) is 42.1 Å². The molecule has 170 valence electrons. The lowest BCUT2D eigenvalue weighted by molar-refractivity contribution is 0.169. The number of hydrogen-bond donors (Lipinski definition) is 2. The fourth-order valence-corrected chi connectivity index (χ4v) is 5.33. The first-order chi connectivity index (χ1) is 14.7. The number of aryl methyl sites for hydroxylation is 1. The normalized spacial score (nSPS) is 22.3. The van der Waals surface area contributed by atoms with Crippen molar-refractivity contribution in [1.82, 2.24) is 15.5 Å². The molecule has 2 aromatic rings. The van der Waals surface area contributed by atoms with Gasteiger partial charge in [0, 0.05) is 56.4 Å². The lowest BCUT2D eigenvalue weighted by Gasteiger charge is -2.33. The smallest absolute Gasteiger partial charge is 0.191 e. The molecule has 2 unspecified atom stereocenters. The van der Waals surface area contributed by atoms with Crippen molar-refractivity contribution in [1.29, 1.82) is 0 Å². The van der Waals surface area contributed by atoms with Crippen LogP contribution >= 0.6 is 35.3 Å². The van der Waals surface area contributed by atoms with E-state index in [1.54, 1.807) is 0 Å². The van der Waals surface area contributed by atoms with Crippen molar-refractivity contribution in [2.45, 2.75) is 38.8 Å². The van der Waals surface area contributed by atoms with Gasteiger partial charge in [-0.15, -0.1) is 35.3 Å². The summed E-state index contributed by atoms with van der Waals surface area (Å²) in [5.41, 5.74) is 2.63. The summed E-state index contributed by atoms with van der Waals surface area (Å²) in [7, 11) is 1.88. The van der Waals surface area contributed by atoms with Crippen molar-refractivity contribution in [3.05, 3.63) is 52.2 Å². The number of thiophene rings is 1. The van der Waals surface area contributed by atoms with Gasteiger partial charge in [-0.1, -0.05) is 23.8 Å². The van der Waals surface area contributed by atoms with Gasteiger partial charge in [0.05, 0.1) is 0 Å². The molecule has 1 aromatic carbocycles. The number of halogens is 1. The third kappa shape index (κ3) is 7.08. The van der Waals surface area contributed by atoms with E-state index in [9.17, 15) is 0 Å². The van der Waals surface area contributed by atoms with Crippen molar-refractivity contribution >= 4 is 47.0 Å². The highest BCUT2D eigenvalue weighted by Crippen LogP contribution is 2.21. The van der Waals surface area contributed by atoms with Gasteiger partial charge in [0.15, 0.2) is 5.96 Å². The number of rotatable bonds is 6. The Labute approximate surface area is 208 Å². The van der Waals surface area contributed by atoms with Crippen LogP contribution in [0, 0.1) is 12.8 Å². The van der Waals surface area contributed by atoms with Crippen LogP contribution in [-0.2, 0) is 6.54 Å². The number of piperidine rings is 1. The van der Waals surface area contributed by atoms with Crippen LogP contribution in [0.2, 0.25) is 0 Å². The molecule has 2 N–H and O–H groups in total. The second kappa shape index (κ2) is 12.1. The van der Waals surface area contributed by atoms with E-state index in [4.69, 9.17) is 0 Å². The molecule has 0 bridgehead atoms. The molecular weight excluding hydrogens is 517 g/mol. The zero-order valence-corrected chi connectivity index (χ0v) is 21.9. The lowest BCUT2D eigenvalue weighted by atomic mass is 9.98. The second-order valence-corrected chi connectivity index (χ2v) is 9.72. The third-order valence-electron chi connectivity index (χ3n) is 6.27. The van der Waals surface area contributed by atoms with Gasteiger partial charge in [0.25, 0.3) is 0 Å². The summed E-state index contributed by atoms with van der Waals surface area (Å²) in [6.45, 7) is 8.75. The quantitative estimate of drug-likeness (QED) is 0.318. The van der Waals surface area contributed by atoms with Crippen molar-refractivity contribution < 1.29 is 0 Å². The number of nitrogens with one attached hydrogen (secondary N) is 2. The topological polar surface area (TPSA) is 42.9 Å². The molecular formula is C24H36IN5S. The zero-order chi connectivity index (χ0) is 20.8. The number of benzene rings is 1. The summed E-state index contributed by atoms with van der Waals surface area (Å²) >= 11 is 1.87. The molecule has 31 heavy (non-hydrogen) atoms. The fourth-order valence-electron chi connectivity index (χ4n) is 4.58.